The summed E-state index contributed by atoms with van der Waals surface area (Å²) in [6, 6.07) is 12.5. The molecule has 0 amide bonds. The monoisotopic (exact) mass is 371 g/mol. The number of halogens is 3. The molecule has 0 atom stereocenters. The van der Waals surface area contributed by atoms with Gasteiger partial charge in [0.15, 0.2) is 0 Å². The Morgan fingerprint density at radius 3 is 2.33 bits per heavy atom. The number of hydrogen-bond acceptors (Lipinski definition) is 1. The molecule has 0 saturated carbocycles. The zero-order valence-electron chi connectivity index (χ0n) is 14.4. The Hall–Kier alpha value is -3.28. The molecule has 1 aromatic heterocycles. The molecule has 0 aliphatic carbocycles. The number of aromatic nitrogens is 1. The van der Waals surface area contributed by atoms with Gasteiger partial charge in [-0.2, -0.15) is 13.2 Å². The highest BCUT2D eigenvalue weighted by Crippen LogP contribution is 2.32. The van der Waals surface area contributed by atoms with Crippen LogP contribution in [0.15, 0.2) is 73.0 Å². The molecule has 3 aromatic rings. The first kappa shape index (κ1) is 18.5. The first-order chi connectivity index (χ1) is 12.8. The maximum absolute atomic E-state index is 12.8. The van der Waals surface area contributed by atoms with Crippen LogP contribution in [0.2, 0.25) is 0 Å². The number of carboxylic acid groups (broad SMARTS) is 1. The first-order valence-electron chi connectivity index (χ1n) is 8.10. The second-order valence-corrected chi connectivity index (χ2v) is 6.05. The van der Waals surface area contributed by atoms with Gasteiger partial charge in [0, 0.05) is 30.2 Å². The van der Waals surface area contributed by atoms with Crippen molar-refractivity contribution in [1.29, 1.82) is 0 Å². The molecule has 0 unspecified atom stereocenters. The fourth-order valence-electron chi connectivity index (χ4n) is 2.87. The quantitative estimate of drug-likeness (QED) is 0.501. The van der Waals surface area contributed by atoms with Crippen LogP contribution in [0.4, 0.5) is 13.2 Å². The molecule has 3 rings (SSSR count). The van der Waals surface area contributed by atoms with Crippen molar-refractivity contribution in [1.82, 2.24) is 4.57 Å². The van der Waals surface area contributed by atoms with Crippen LogP contribution in [0.25, 0.3) is 16.5 Å². The van der Waals surface area contributed by atoms with Gasteiger partial charge in [-0.15, -0.1) is 0 Å². The molecule has 0 spiro atoms. The van der Waals surface area contributed by atoms with Crippen molar-refractivity contribution >= 4 is 22.4 Å². The van der Waals surface area contributed by atoms with Gasteiger partial charge in [-0.05, 0) is 47.0 Å². The highest BCUT2D eigenvalue weighted by molar-refractivity contribution is 5.89. The minimum Gasteiger partial charge on any atom is -0.478 e. The van der Waals surface area contributed by atoms with E-state index in [1.807, 2.05) is 42.1 Å². The van der Waals surface area contributed by atoms with Crippen molar-refractivity contribution in [3.63, 3.8) is 0 Å². The number of alkyl halides is 3. The normalized spacial score (nSPS) is 12.8. The number of rotatable bonds is 4. The molecule has 1 heterocycles. The van der Waals surface area contributed by atoms with Crippen LogP contribution in [0.3, 0.4) is 0 Å². The number of carboxylic acids is 1. The summed E-state index contributed by atoms with van der Waals surface area (Å²) in [5, 5.41) is 9.78. The molecular weight excluding hydrogens is 355 g/mol. The molecule has 1 N–H and O–H groups in total. The minimum atomic E-state index is -4.41. The van der Waals surface area contributed by atoms with Gasteiger partial charge in [0.2, 0.25) is 0 Å². The highest BCUT2D eigenvalue weighted by atomic mass is 19.4. The SMILES string of the molecule is Cn1ccc2cc(/C(=C\C=C\C(=O)O)c3ccc(C(F)(F)F)cc3)ccc21. The molecular formula is C21H16F3NO2. The van der Waals surface area contributed by atoms with Crippen molar-refractivity contribution < 1.29 is 23.1 Å². The second kappa shape index (κ2) is 7.15. The van der Waals surface area contributed by atoms with E-state index in [0.717, 1.165) is 34.7 Å². The second-order valence-electron chi connectivity index (χ2n) is 6.05. The van der Waals surface area contributed by atoms with Crippen molar-refractivity contribution in [2.24, 2.45) is 7.05 Å². The van der Waals surface area contributed by atoms with Gasteiger partial charge in [0.05, 0.1) is 5.56 Å². The molecule has 0 fully saturated rings. The predicted molar refractivity (Wildman–Crippen MR) is 98.2 cm³/mol. The van der Waals surface area contributed by atoms with Crippen molar-refractivity contribution in [3.8, 4) is 0 Å². The van der Waals surface area contributed by atoms with E-state index in [0.29, 0.717) is 11.1 Å². The number of benzene rings is 2. The number of carbonyl (C=O) groups is 1. The number of allylic oxidation sites excluding steroid dienone is 2. The number of fused-ring (bicyclic) bond motifs is 1. The summed E-state index contributed by atoms with van der Waals surface area (Å²) in [4.78, 5) is 10.7. The largest absolute Gasteiger partial charge is 0.478 e. The summed E-state index contributed by atoms with van der Waals surface area (Å²) >= 11 is 0. The smallest absolute Gasteiger partial charge is 0.416 e. The van der Waals surface area contributed by atoms with Gasteiger partial charge in [-0.25, -0.2) is 4.79 Å². The fraction of sp³-hybridized carbons (Fsp3) is 0.0952. The number of aliphatic carboxylic acids is 1. The van der Waals surface area contributed by atoms with Crippen LogP contribution in [-0.4, -0.2) is 15.6 Å². The van der Waals surface area contributed by atoms with Crippen LogP contribution in [0, 0.1) is 0 Å². The molecule has 0 saturated heterocycles. The van der Waals surface area contributed by atoms with Crippen LogP contribution in [0.5, 0.6) is 0 Å². The molecule has 6 heteroatoms. The Bertz CT molecular complexity index is 1040. The van der Waals surface area contributed by atoms with Gasteiger partial charge in [-0.1, -0.05) is 30.4 Å². The van der Waals surface area contributed by atoms with Crippen molar-refractivity contribution in [2.45, 2.75) is 6.18 Å². The maximum Gasteiger partial charge on any atom is 0.416 e. The third-order valence-electron chi connectivity index (χ3n) is 4.22. The van der Waals surface area contributed by atoms with E-state index in [-0.39, 0.29) is 0 Å². The maximum atomic E-state index is 12.8. The summed E-state index contributed by atoms with van der Waals surface area (Å²) in [5.41, 5.74) is 2.26. The lowest BCUT2D eigenvalue weighted by Gasteiger charge is -2.11. The molecule has 0 radical (unpaired) electrons. The first-order valence-corrected chi connectivity index (χ1v) is 8.10. The highest BCUT2D eigenvalue weighted by Gasteiger charge is 2.30. The Labute approximate surface area is 153 Å². The lowest BCUT2D eigenvalue weighted by atomic mass is 9.95. The lowest BCUT2D eigenvalue weighted by Crippen LogP contribution is -2.04. The number of hydrogen-bond donors (Lipinski definition) is 1. The van der Waals surface area contributed by atoms with Gasteiger partial charge in [0.1, 0.15) is 0 Å². The van der Waals surface area contributed by atoms with Crippen molar-refractivity contribution in [2.75, 3.05) is 0 Å². The van der Waals surface area contributed by atoms with Gasteiger partial charge >= 0.3 is 12.1 Å². The average Bonchev–Trinajstić information content (AvgIpc) is 2.98. The topological polar surface area (TPSA) is 42.2 Å². The summed E-state index contributed by atoms with van der Waals surface area (Å²) in [6.07, 6.45) is 1.44. The van der Waals surface area contributed by atoms with E-state index in [4.69, 9.17) is 5.11 Å². The van der Waals surface area contributed by atoms with E-state index in [9.17, 15) is 18.0 Å². The van der Waals surface area contributed by atoms with E-state index in [1.54, 1.807) is 6.08 Å². The Morgan fingerprint density at radius 1 is 1.04 bits per heavy atom. The van der Waals surface area contributed by atoms with E-state index in [1.165, 1.54) is 18.2 Å². The molecule has 27 heavy (non-hydrogen) atoms. The third-order valence-corrected chi connectivity index (χ3v) is 4.22. The Balaban J connectivity index is 2.08. The van der Waals surface area contributed by atoms with Gasteiger partial charge < -0.3 is 9.67 Å². The van der Waals surface area contributed by atoms with Crippen LogP contribution in [0.1, 0.15) is 16.7 Å². The Morgan fingerprint density at radius 2 is 1.70 bits per heavy atom. The molecule has 138 valence electrons. The van der Waals surface area contributed by atoms with Crippen molar-refractivity contribution in [3.05, 3.63) is 89.6 Å². The van der Waals surface area contributed by atoms with E-state index in [2.05, 4.69) is 0 Å². The minimum absolute atomic E-state index is 0.563. The molecule has 0 aliphatic rings. The predicted octanol–water partition coefficient (Wildman–Crippen LogP) is 5.27. The fourth-order valence-corrected chi connectivity index (χ4v) is 2.87. The molecule has 2 aromatic carbocycles. The zero-order valence-corrected chi connectivity index (χ0v) is 14.4. The van der Waals surface area contributed by atoms with E-state index >= 15 is 0 Å². The number of nitrogens with zero attached hydrogens (tertiary/aromatic N) is 1. The van der Waals surface area contributed by atoms with Gasteiger partial charge in [0.25, 0.3) is 0 Å². The zero-order chi connectivity index (χ0) is 19.6. The van der Waals surface area contributed by atoms with Crippen LogP contribution >= 0.6 is 0 Å². The molecule has 3 nitrogen and oxygen atoms in total. The lowest BCUT2D eigenvalue weighted by molar-refractivity contribution is -0.137. The van der Waals surface area contributed by atoms with Crippen LogP contribution < -0.4 is 0 Å². The summed E-state index contributed by atoms with van der Waals surface area (Å²) in [5.74, 6) is -1.10. The van der Waals surface area contributed by atoms with Gasteiger partial charge in [-0.3, -0.25) is 0 Å². The number of aryl methyl sites for hydroxylation is 1. The summed E-state index contributed by atoms with van der Waals surface area (Å²) < 4.78 is 40.4. The third kappa shape index (κ3) is 4.11. The van der Waals surface area contributed by atoms with E-state index < -0.39 is 17.7 Å². The standard InChI is InChI=1S/C21H16F3NO2/c1-25-12-11-16-13-15(7-10-19(16)25)18(3-2-4-20(26)27)14-5-8-17(9-6-14)21(22,23)24/h2-13H,1H3,(H,26,27)/b4-2+,18-3-. The molecule has 0 aliphatic heterocycles. The summed E-state index contributed by atoms with van der Waals surface area (Å²) in [6.45, 7) is 0. The summed E-state index contributed by atoms with van der Waals surface area (Å²) in [7, 11) is 1.92. The average molecular weight is 371 g/mol. The van der Waals surface area contributed by atoms with Crippen LogP contribution in [-0.2, 0) is 18.0 Å². The molecule has 0 bridgehead atoms. The Kier molecular flexibility index (Phi) is 4.90.